The van der Waals surface area contributed by atoms with Gasteiger partial charge in [0.25, 0.3) is 0 Å². The molecule has 0 radical (unpaired) electrons. The molecule has 2 N–H and O–H groups in total. The molecular weight excluding hydrogens is 230 g/mol. The first-order valence-corrected chi connectivity index (χ1v) is 6.14. The number of carboxylic acids is 1. The normalized spacial score (nSPS) is 20.1. The molecule has 1 unspecified atom stereocenters. The maximum Gasteiger partial charge on any atom is 0.339 e. The van der Waals surface area contributed by atoms with Gasteiger partial charge in [-0.1, -0.05) is 0 Å². The van der Waals surface area contributed by atoms with E-state index in [0.29, 0.717) is 5.82 Å². The lowest BCUT2D eigenvalue weighted by Crippen LogP contribution is -2.25. The first-order chi connectivity index (χ1) is 8.47. The van der Waals surface area contributed by atoms with Crippen LogP contribution >= 0.6 is 0 Å². The van der Waals surface area contributed by atoms with E-state index in [1.54, 1.807) is 6.07 Å². The van der Waals surface area contributed by atoms with Gasteiger partial charge >= 0.3 is 5.97 Å². The van der Waals surface area contributed by atoms with Crippen LogP contribution in [0, 0.1) is 13.8 Å². The lowest BCUT2D eigenvalue weighted by atomic mass is 10.1. The minimum atomic E-state index is -0.922. The summed E-state index contributed by atoms with van der Waals surface area (Å²) in [6, 6.07) is 2.08. The van der Waals surface area contributed by atoms with E-state index in [2.05, 4.69) is 22.2 Å². The van der Waals surface area contributed by atoms with Gasteiger partial charge in [-0.25, -0.2) is 9.78 Å². The van der Waals surface area contributed by atoms with Gasteiger partial charge in [0.2, 0.25) is 0 Å². The Morgan fingerprint density at radius 3 is 2.83 bits per heavy atom. The number of nitrogens with one attached hydrogen (secondary N) is 1. The average molecular weight is 249 g/mol. The number of pyridine rings is 1. The van der Waals surface area contributed by atoms with E-state index in [0.717, 1.165) is 30.8 Å². The fourth-order valence-corrected chi connectivity index (χ4v) is 2.46. The van der Waals surface area contributed by atoms with Gasteiger partial charge in [-0.05, 0) is 45.5 Å². The molecule has 1 aliphatic heterocycles. The molecule has 1 aromatic rings. The highest BCUT2D eigenvalue weighted by molar-refractivity contribution is 5.94. The monoisotopic (exact) mass is 249 g/mol. The highest BCUT2D eigenvalue weighted by atomic mass is 16.4. The Morgan fingerprint density at radius 1 is 1.56 bits per heavy atom. The molecular formula is C13H19N3O2. The molecule has 1 aromatic heterocycles. The van der Waals surface area contributed by atoms with Gasteiger partial charge in [-0.3, -0.25) is 0 Å². The third-order valence-corrected chi connectivity index (χ3v) is 3.29. The number of carboxylic acid groups (broad SMARTS) is 1. The Labute approximate surface area is 107 Å². The number of hydrogen-bond acceptors (Lipinski definition) is 4. The van der Waals surface area contributed by atoms with Gasteiger partial charge in [0, 0.05) is 18.3 Å². The zero-order chi connectivity index (χ0) is 13.3. The van der Waals surface area contributed by atoms with E-state index in [1.807, 2.05) is 13.8 Å². The topological polar surface area (TPSA) is 65.5 Å². The summed E-state index contributed by atoms with van der Waals surface area (Å²) in [6.07, 6.45) is 1.02. The first-order valence-electron chi connectivity index (χ1n) is 6.14. The van der Waals surface area contributed by atoms with Crippen molar-refractivity contribution < 1.29 is 9.90 Å². The van der Waals surface area contributed by atoms with Crippen LogP contribution in [-0.4, -0.2) is 47.1 Å². The summed E-state index contributed by atoms with van der Waals surface area (Å²) in [4.78, 5) is 17.9. The molecule has 0 amide bonds. The van der Waals surface area contributed by atoms with Gasteiger partial charge in [-0.15, -0.1) is 0 Å². The minimum absolute atomic E-state index is 0.279. The number of aryl methyl sites for hydroxylation is 2. The Kier molecular flexibility index (Phi) is 3.52. The van der Waals surface area contributed by atoms with Gasteiger partial charge < -0.3 is 15.3 Å². The molecule has 0 spiro atoms. The van der Waals surface area contributed by atoms with Crippen LogP contribution in [0.5, 0.6) is 0 Å². The molecule has 1 fully saturated rings. The van der Waals surface area contributed by atoms with Crippen molar-refractivity contribution in [2.24, 2.45) is 0 Å². The number of aromatic carboxylic acids is 1. The zero-order valence-corrected chi connectivity index (χ0v) is 11.0. The van der Waals surface area contributed by atoms with Crippen molar-refractivity contribution in [1.29, 1.82) is 0 Å². The Hall–Kier alpha value is -1.62. The highest BCUT2D eigenvalue weighted by Crippen LogP contribution is 2.21. The van der Waals surface area contributed by atoms with E-state index in [9.17, 15) is 9.90 Å². The Bertz CT molecular complexity index is 474. The number of likely N-dealkylation sites (tertiary alicyclic amines) is 1. The second-order valence-corrected chi connectivity index (χ2v) is 5.00. The van der Waals surface area contributed by atoms with Gasteiger partial charge in [0.05, 0.1) is 0 Å². The summed E-state index contributed by atoms with van der Waals surface area (Å²) in [5, 5.41) is 12.5. The number of aromatic nitrogens is 1. The number of anilines is 1. The predicted molar refractivity (Wildman–Crippen MR) is 70.2 cm³/mol. The summed E-state index contributed by atoms with van der Waals surface area (Å²) in [5.41, 5.74) is 1.88. The van der Waals surface area contributed by atoms with Crippen molar-refractivity contribution in [3.63, 3.8) is 0 Å². The molecule has 98 valence electrons. The average Bonchev–Trinajstić information content (AvgIpc) is 2.62. The highest BCUT2D eigenvalue weighted by Gasteiger charge is 2.23. The quantitative estimate of drug-likeness (QED) is 0.850. The lowest BCUT2D eigenvalue weighted by Gasteiger charge is -2.17. The number of hydrogen-bond donors (Lipinski definition) is 2. The van der Waals surface area contributed by atoms with Gasteiger partial charge in [-0.2, -0.15) is 0 Å². The maximum absolute atomic E-state index is 11.3. The SMILES string of the molecule is Cc1cc(C)c(C(=O)O)c(NC2CCN(C)C2)n1. The second kappa shape index (κ2) is 4.94. The number of carbonyl (C=O) groups is 1. The summed E-state index contributed by atoms with van der Waals surface area (Å²) < 4.78 is 0. The van der Waals surface area contributed by atoms with Crippen molar-refractivity contribution in [3.8, 4) is 0 Å². The first kappa shape index (κ1) is 12.8. The number of likely N-dealkylation sites (N-methyl/N-ethyl adjacent to an activating group) is 1. The van der Waals surface area contributed by atoms with Crippen LogP contribution in [-0.2, 0) is 0 Å². The van der Waals surface area contributed by atoms with Crippen LogP contribution in [0.25, 0.3) is 0 Å². The summed E-state index contributed by atoms with van der Waals surface area (Å²) >= 11 is 0. The fourth-order valence-electron chi connectivity index (χ4n) is 2.46. The molecule has 0 bridgehead atoms. The maximum atomic E-state index is 11.3. The van der Waals surface area contributed by atoms with Crippen molar-refractivity contribution in [2.45, 2.75) is 26.3 Å². The van der Waals surface area contributed by atoms with Crippen molar-refractivity contribution in [1.82, 2.24) is 9.88 Å². The van der Waals surface area contributed by atoms with Crippen LogP contribution in [0.2, 0.25) is 0 Å². The van der Waals surface area contributed by atoms with E-state index in [4.69, 9.17) is 0 Å². The molecule has 1 atom stereocenters. The molecule has 2 rings (SSSR count). The number of nitrogens with zero attached hydrogens (tertiary/aromatic N) is 2. The van der Waals surface area contributed by atoms with Gasteiger partial charge in [0.15, 0.2) is 0 Å². The summed E-state index contributed by atoms with van der Waals surface area (Å²) in [7, 11) is 2.06. The van der Waals surface area contributed by atoms with Crippen molar-refractivity contribution in [2.75, 3.05) is 25.5 Å². The van der Waals surface area contributed by atoms with Crippen LogP contribution < -0.4 is 5.32 Å². The van der Waals surface area contributed by atoms with Gasteiger partial charge in [0.1, 0.15) is 11.4 Å². The Morgan fingerprint density at radius 2 is 2.28 bits per heavy atom. The largest absolute Gasteiger partial charge is 0.478 e. The van der Waals surface area contributed by atoms with E-state index >= 15 is 0 Å². The second-order valence-electron chi connectivity index (χ2n) is 5.00. The number of rotatable bonds is 3. The molecule has 2 heterocycles. The van der Waals surface area contributed by atoms with Crippen LogP contribution in [0.1, 0.15) is 28.0 Å². The smallest absolute Gasteiger partial charge is 0.339 e. The summed E-state index contributed by atoms with van der Waals surface area (Å²) in [5.74, 6) is -0.422. The molecule has 0 aromatic carbocycles. The van der Waals surface area contributed by atoms with Crippen LogP contribution in [0.4, 0.5) is 5.82 Å². The third-order valence-electron chi connectivity index (χ3n) is 3.29. The van der Waals surface area contributed by atoms with Crippen LogP contribution in [0.3, 0.4) is 0 Å². The molecule has 18 heavy (non-hydrogen) atoms. The van der Waals surface area contributed by atoms with Crippen molar-refractivity contribution in [3.05, 3.63) is 22.9 Å². The fraction of sp³-hybridized carbons (Fsp3) is 0.538. The van der Waals surface area contributed by atoms with E-state index < -0.39 is 5.97 Å². The van der Waals surface area contributed by atoms with Crippen molar-refractivity contribution >= 4 is 11.8 Å². The third kappa shape index (κ3) is 2.61. The van der Waals surface area contributed by atoms with E-state index in [-0.39, 0.29) is 11.6 Å². The minimum Gasteiger partial charge on any atom is -0.478 e. The van der Waals surface area contributed by atoms with Crippen LogP contribution in [0.15, 0.2) is 6.07 Å². The molecule has 1 saturated heterocycles. The Balaban J connectivity index is 2.28. The lowest BCUT2D eigenvalue weighted by molar-refractivity contribution is 0.0697. The molecule has 0 saturated carbocycles. The molecule has 5 nitrogen and oxygen atoms in total. The summed E-state index contributed by atoms with van der Waals surface area (Å²) in [6.45, 7) is 5.65. The molecule has 5 heteroatoms. The molecule has 0 aliphatic carbocycles. The van der Waals surface area contributed by atoms with E-state index in [1.165, 1.54) is 0 Å². The standard InChI is InChI=1S/C13H19N3O2/c1-8-6-9(2)14-12(11(8)13(17)18)15-10-4-5-16(3)7-10/h6,10H,4-5,7H2,1-3H3,(H,14,15)(H,17,18). The zero-order valence-electron chi connectivity index (χ0n) is 11.0. The predicted octanol–water partition coefficient (Wildman–Crippen LogP) is 1.51. The molecule has 1 aliphatic rings.